The summed E-state index contributed by atoms with van der Waals surface area (Å²) in [7, 11) is 1.93. The van der Waals surface area contributed by atoms with E-state index in [4.69, 9.17) is 0 Å². The lowest BCUT2D eigenvalue weighted by Crippen LogP contribution is -2.30. The van der Waals surface area contributed by atoms with Gasteiger partial charge in [-0.1, -0.05) is 12.3 Å². The zero-order valence-electron chi connectivity index (χ0n) is 8.60. The van der Waals surface area contributed by atoms with Gasteiger partial charge in [-0.3, -0.25) is 0 Å². The molecule has 2 nitrogen and oxygen atoms in total. The van der Waals surface area contributed by atoms with Gasteiger partial charge in [0.05, 0.1) is 6.54 Å². The van der Waals surface area contributed by atoms with Crippen molar-refractivity contribution in [1.82, 2.24) is 10.2 Å². The molecule has 1 rings (SSSR count). The van der Waals surface area contributed by atoms with Crippen LogP contribution in [0.1, 0.15) is 25.7 Å². The maximum atomic E-state index is 3.18. The molecule has 1 N–H and O–H groups in total. The van der Waals surface area contributed by atoms with Crippen molar-refractivity contribution < 1.29 is 0 Å². The summed E-state index contributed by atoms with van der Waals surface area (Å²) in [6, 6.07) is 0. The normalized spacial score (nSPS) is 17.9. The van der Waals surface area contributed by atoms with E-state index >= 15 is 0 Å². The molecule has 2 heteroatoms. The van der Waals surface area contributed by atoms with Gasteiger partial charge in [-0.25, -0.2) is 0 Å². The van der Waals surface area contributed by atoms with Crippen molar-refractivity contribution in [2.75, 3.05) is 33.2 Å². The van der Waals surface area contributed by atoms with E-state index < -0.39 is 0 Å². The SMILES string of the molecule is CNCC#CCCN1CCCCC1. The molecule has 74 valence electrons. The van der Waals surface area contributed by atoms with Crippen LogP contribution in [0, 0.1) is 11.8 Å². The Morgan fingerprint density at radius 3 is 2.62 bits per heavy atom. The highest BCUT2D eigenvalue weighted by Crippen LogP contribution is 2.08. The molecule has 1 aliphatic heterocycles. The average Bonchev–Trinajstić information content (AvgIpc) is 2.19. The summed E-state index contributed by atoms with van der Waals surface area (Å²) >= 11 is 0. The van der Waals surface area contributed by atoms with Gasteiger partial charge in [-0.15, -0.1) is 5.92 Å². The van der Waals surface area contributed by atoms with Crippen molar-refractivity contribution >= 4 is 0 Å². The second kappa shape index (κ2) is 6.94. The Labute approximate surface area is 81.7 Å². The second-order valence-electron chi connectivity index (χ2n) is 3.54. The molecule has 1 heterocycles. The monoisotopic (exact) mass is 180 g/mol. The first kappa shape index (κ1) is 10.6. The molecule has 1 fully saturated rings. The zero-order valence-corrected chi connectivity index (χ0v) is 8.60. The summed E-state index contributed by atoms with van der Waals surface area (Å²) in [5.74, 6) is 6.27. The van der Waals surface area contributed by atoms with E-state index in [-0.39, 0.29) is 0 Å². The third-order valence-corrected chi connectivity index (χ3v) is 2.39. The van der Waals surface area contributed by atoms with E-state index in [9.17, 15) is 0 Å². The van der Waals surface area contributed by atoms with E-state index in [1.807, 2.05) is 7.05 Å². The number of hydrogen-bond donors (Lipinski definition) is 1. The molecular formula is C11H20N2. The van der Waals surface area contributed by atoms with Crippen LogP contribution in [0.25, 0.3) is 0 Å². The van der Waals surface area contributed by atoms with Crippen LogP contribution in [-0.2, 0) is 0 Å². The van der Waals surface area contributed by atoms with Crippen molar-refractivity contribution in [3.63, 3.8) is 0 Å². The van der Waals surface area contributed by atoms with Gasteiger partial charge in [0.1, 0.15) is 0 Å². The summed E-state index contributed by atoms with van der Waals surface area (Å²) in [4.78, 5) is 2.53. The van der Waals surface area contributed by atoms with E-state index in [0.717, 1.165) is 19.5 Å². The Kier molecular flexibility index (Phi) is 5.64. The summed E-state index contributed by atoms with van der Waals surface area (Å²) in [5.41, 5.74) is 0. The lowest BCUT2D eigenvalue weighted by atomic mass is 10.1. The van der Waals surface area contributed by atoms with Crippen LogP contribution >= 0.6 is 0 Å². The minimum Gasteiger partial charge on any atom is -0.309 e. The van der Waals surface area contributed by atoms with Crippen molar-refractivity contribution in [3.8, 4) is 11.8 Å². The predicted molar refractivity (Wildman–Crippen MR) is 56.6 cm³/mol. The lowest BCUT2D eigenvalue weighted by molar-refractivity contribution is 0.234. The fraction of sp³-hybridized carbons (Fsp3) is 0.818. The van der Waals surface area contributed by atoms with Crippen LogP contribution in [0.3, 0.4) is 0 Å². The molecule has 0 bridgehead atoms. The smallest absolute Gasteiger partial charge is 0.0574 e. The van der Waals surface area contributed by atoms with Crippen LogP contribution < -0.4 is 5.32 Å². The molecule has 0 aromatic rings. The topological polar surface area (TPSA) is 15.3 Å². The van der Waals surface area contributed by atoms with E-state index in [1.165, 1.54) is 32.4 Å². The Balaban J connectivity index is 2.01. The fourth-order valence-corrected chi connectivity index (χ4v) is 1.64. The van der Waals surface area contributed by atoms with Crippen LogP contribution in [-0.4, -0.2) is 38.1 Å². The molecule has 0 saturated carbocycles. The minimum atomic E-state index is 0.819. The first-order valence-electron chi connectivity index (χ1n) is 5.26. The van der Waals surface area contributed by atoms with Crippen LogP contribution in [0.5, 0.6) is 0 Å². The Hall–Kier alpha value is -0.520. The molecule has 13 heavy (non-hydrogen) atoms. The first-order chi connectivity index (χ1) is 6.43. The Bertz CT molecular complexity index is 172. The Morgan fingerprint density at radius 1 is 1.15 bits per heavy atom. The molecule has 0 aliphatic carbocycles. The third kappa shape index (κ3) is 4.92. The average molecular weight is 180 g/mol. The number of nitrogens with one attached hydrogen (secondary N) is 1. The predicted octanol–water partition coefficient (Wildman–Crippen LogP) is 1.09. The Morgan fingerprint density at radius 2 is 1.92 bits per heavy atom. The maximum absolute atomic E-state index is 3.18. The van der Waals surface area contributed by atoms with E-state index in [1.54, 1.807) is 0 Å². The molecule has 1 saturated heterocycles. The molecule has 0 aromatic carbocycles. The third-order valence-electron chi connectivity index (χ3n) is 2.39. The van der Waals surface area contributed by atoms with Gasteiger partial charge in [0.15, 0.2) is 0 Å². The number of hydrogen-bond acceptors (Lipinski definition) is 2. The van der Waals surface area contributed by atoms with Crippen LogP contribution in [0.2, 0.25) is 0 Å². The zero-order chi connectivity index (χ0) is 9.36. The standard InChI is InChI=1S/C11H20N2/c1-12-8-4-2-5-9-13-10-6-3-7-11-13/h12H,3,5-11H2,1H3. The van der Waals surface area contributed by atoms with Gasteiger partial charge in [-0.05, 0) is 33.0 Å². The molecule has 0 unspecified atom stereocenters. The van der Waals surface area contributed by atoms with Crippen molar-refractivity contribution in [1.29, 1.82) is 0 Å². The maximum Gasteiger partial charge on any atom is 0.0574 e. The van der Waals surface area contributed by atoms with Gasteiger partial charge >= 0.3 is 0 Å². The summed E-state index contributed by atoms with van der Waals surface area (Å²) in [6.45, 7) is 4.55. The van der Waals surface area contributed by atoms with Gasteiger partial charge in [0.25, 0.3) is 0 Å². The summed E-state index contributed by atoms with van der Waals surface area (Å²) < 4.78 is 0. The molecule has 0 atom stereocenters. The highest BCUT2D eigenvalue weighted by Gasteiger charge is 2.07. The molecule has 0 aromatic heterocycles. The highest BCUT2D eigenvalue weighted by atomic mass is 15.1. The molecule has 1 aliphatic rings. The van der Waals surface area contributed by atoms with E-state index in [0.29, 0.717) is 0 Å². The van der Waals surface area contributed by atoms with Crippen molar-refractivity contribution in [2.24, 2.45) is 0 Å². The largest absolute Gasteiger partial charge is 0.309 e. The van der Waals surface area contributed by atoms with E-state index in [2.05, 4.69) is 22.1 Å². The van der Waals surface area contributed by atoms with Crippen molar-refractivity contribution in [2.45, 2.75) is 25.7 Å². The van der Waals surface area contributed by atoms with Gasteiger partial charge < -0.3 is 10.2 Å². The molecule has 0 radical (unpaired) electrons. The number of piperidine rings is 1. The minimum absolute atomic E-state index is 0.819. The van der Waals surface area contributed by atoms with Gasteiger partial charge in [-0.2, -0.15) is 0 Å². The second-order valence-corrected chi connectivity index (χ2v) is 3.54. The highest BCUT2D eigenvalue weighted by molar-refractivity contribution is 5.00. The van der Waals surface area contributed by atoms with Crippen LogP contribution in [0.4, 0.5) is 0 Å². The molecular weight excluding hydrogens is 160 g/mol. The summed E-state index contributed by atoms with van der Waals surface area (Å²) in [5, 5.41) is 3.02. The van der Waals surface area contributed by atoms with Crippen molar-refractivity contribution in [3.05, 3.63) is 0 Å². The number of nitrogens with zero attached hydrogens (tertiary/aromatic N) is 1. The van der Waals surface area contributed by atoms with Gasteiger partial charge in [0.2, 0.25) is 0 Å². The summed E-state index contributed by atoms with van der Waals surface area (Å²) in [6.07, 6.45) is 5.21. The molecule has 0 spiro atoms. The molecule has 0 amide bonds. The fourth-order valence-electron chi connectivity index (χ4n) is 1.64. The quantitative estimate of drug-likeness (QED) is 0.654. The van der Waals surface area contributed by atoms with Crippen LogP contribution in [0.15, 0.2) is 0 Å². The van der Waals surface area contributed by atoms with Gasteiger partial charge in [0, 0.05) is 13.0 Å². The number of rotatable bonds is 3. The number of likely N-dealkylation sites (tertiary alicyclic amines) is 1. The first-order valence-corrected chi connectivity index (χ1v) is 5.26. The lowest BCUT2D eigenvalue weighted by Gasteiger charge is -2.25.